The summed E-state index contributed by atoms with van der Waals surface area (Å²) in [5.74, 6) is 1.04. The van der Waals surface area contributed by atoms with Crippen LogP contribution in [-0.4, -0.2) is 30.0 Å². The number of para-hydroxylation sites is 1. The van der Waals surface area contributed by atoms with Crippen LogP contribution in [0.3, 0.4) is 0 Å². The summed E-state index contributed by atoms with van der Waals surface area (Å²) >= 11 is 0. The number of piperidine rings is 1. The number of carbonyl (C=O) groups is 1. The van der Waals surface area contributed by atoms with E-state index >= 15 is 0 Å². The molecule has 1 amide bonds. The molecule has 0 bridgehead atoms. The highest BCUT2D eigenvalue weighted by Gasteiger charge is 2.24. The van der Waals surface area contributed by atoms with Gasteiger partial charge in [0.25, 0.3) is 5.91 Å². The summed E-state index contributed by atoms with van der Waals surface area (Å²) in [4.78, 5) is 14.6. The van der Waals surface area contributed by atoms with Crippen molar-refractivity contribution in [1.82, 2.24) is 4.90 Å². The van der Waals surface area contributed by atoms with Crippen molar-refractivity contribution in [2.75, 3.05) is 13.1 Å². The number of likely N-dealkylation sites (tertiary alicyclic amines) is 1. The molecule has 120 valence electrons. The van der Waals surface area contributed by atoms with Gasteiger partial charge < -0.3 is 9.64 Å². The molecule has 1 aliphatic heterocycles. The summed E-state index contributed by atoms with van der Waals surface area (Å²) in [6.07, 6.45) is 1.96. The van der Waals surface area contributed by atoms with Crippen molar-refractivity contribution in [2.24, 2.45) is 0 Å². The number of carbonyl (C=O) groups excluding carboxylic acids is 1. The number of hydrogen-bond donors (Lipinski definition) is 0. The van der Waals surface area contributed by atoms with Crippen molar-refractivity contribution < 1.29 is 9.53 Å². The maximum Gasteiger partial charge on any atom is 0.253 e. The van der Waals surface area contributed by atoms with Gasteiger partial charge in [-0.2, -0.15) is 0 Å². The number of benzene rings is 2. The highest BCUT2D eigenvalue weighted by Crippen LogP contribution is 2.20. The average molecular weight is 309 g/mol. The second-order valence-electron chi connectivity index (χ2n) is 6.22. The SMILES string of the molecule is Cc1ccc(C(=O)N2CCC(Oc3ccccc3)CC2)cc1C. The van der Waals surface area contributed by atoms with Crippen LogP contribution in [0.25, 0.3) is 0 Å². The first-order valence-electron chi connectivity index (χ1n) is 8.22. The van der Waals surface area contributed by atoms with E-state index in [2.05, 4.69) is 6.92 Å². The Kier molecular flexibility index (Phi) is 4.65. The molecule has 23 heavy (non-hydrogen) atoms. The van der Waals surface area contributed by atoms with E-state index in [0.29, 0.717) is 0 Å². The van der Waals surface area contributed by atoms with Crippen molar-refractivity contribution in [1.29, 1.82) is 0 Å². The van der Waals surface area contributed by atoms with Gasteiger partial charge in [0.2, 0.25) is 0 Å². The lowest BCUT2D eigenvalue weighted by atomic mass is 10.0. The number of rotatable bonds is 3. The Balaban J connectivity index is 1.58. The van der Waals surface area contributed by atoms with Gasteiger partial charge in [0.15, 0.2) is 0 Å². The van der Waals surface area contributed by atoms with Gasteiger partial charge >= 0.3 is 0 Å². The molecule has 3 nitrogen and oxygen atoms in total. The second kappa shape index (κ2) is 6.86. The van der Waals surface area contributed by atoms with Crippen LogP contribution >= 0.6 is 0 Å². The van der Waals surface area contributed by atoms with Crippen LogP contribution in [0, 0.1) is 13.8 Å². The maximum atomic E-state index is 12.6. The molecule has 3 heteroatoms. The van der Waals surface area contributed by atoms with Crippen LogP contribution in [0.5, 0.6) is 5.75 Å². The third kappa shape index (κ3) is 3.73. The van der Waals surface area contributed by atoms with E-state index in [1.807, 2.05) is 60.4 Å². The van der Waals surface area contributed by atoms with E-state index in [9.17, 15) is 4.79 Å². The average Bonchev–Trinajstić information content (AvgIpc) is 2.58. The summed E-state index contributed by atoms with van der Waals surface area (Å²) in [6.45, 7) is 5.62. The van der Waals surface area contributed by atoms with Crippen LogP contribution in [-0.2, 0) is 0 Å². The number of nitrogens with zero attached hydrogens (tertiary/aromatic N) is 1. The van der Waals surface area contributed by atoms with Gasteiger partial charge in [-0.1, -0.05) is 24.3 Å². The van der Waals surface area contributed by atoms with Crippen molar-refractivity contribution in [3.8, 4) is 5.75 Å². The zero-order chi connectivity index (χ0) is 16.2. The minimum absolute atomic E-state index is 0.131. The summed E-state index contributed by atoms with van der Waals surface area (Å²) in [5, 5.41) is 0. The first-order chi connectivity index (χ1) is 11.1. The van der Waals surface area contributed by atoms with Crippen molar-refractivity contribution >= 4 is 5.91 Å². The molecule has 1 saturated heterocycles. The van der Waals surface area contributed by atoms with E-state index in [4.69, 9.17) is 4.74 Å². The van der Waals surface area contributed by atoms with Crippen molar-refractivity contribution in [2.45, 2.75) is 32.8 Å². The number of amides is 1. The third-order valence-corrected chi connectivity index (χ3v) is 4.53. The smallest absolute Gasteiger partial charge is 0.253 e. The number of ether oxygens (including phenoxy) is 1. The summed E-state index contributed by atoms with van der Waals surface area (Å²) < 4.78 is 5.99. The molecule has 1 heterocycles. The van der Waals surface area contributed by atoms with Gasteiger partial charge in [-0.3, -0.25) is 4.79 Å². The first-order valence-corrected chi connectivity index (χ1v) is 8.22. The molecule has 3 rings (SSSR count). The maximum absolute atomic E-state index is 12.6. The molecule has 2 aromatic carbocycles. The quantitative estimate of drug-likeness (QED) is 0.858. The highest BCUT2D eigenvalue weighted by molar-refractivity contribution is 5.94. The van der Waals surface area contributed by atoms with Crippen LogP contribution in [0.4, 0.5) is 0 Å². The zero-order valence-corrected chi connectivity index (χ0v) is 13.8. The molecule has 2 aromatic rings. The molecule has 0 atom stereocenters. The molecular formula is C20H23NO2. The highest BCUT2D eigenvalue weighted by atomic mass is 16.5. The van der Waals surface area contributed by atoms with E-state index < -0.39 is 0 Å². The van der Waals surface area contributed by atoms with Crippen LogP contribution in [0.2, 0.25) is 0 Å². The van der Waals surface area contributed by atoms with Gasteiger partial charge in [-0.15, -0.1) is 0 Å². The van der Waals surface area contributed by atoms with Crippen LogP contribution in [0.1, 0.15) is 34.3 Å². The van der Waals surface area contributed by atoms with E-state index in [-0.39, 0.29) is 12.0 Å². The third-order valence-electron chi connectivity index (χ3n) is 4.53. The standard InChI is InChI=1S/C20H23NO2/c1-15-8-9-17(14-16(15)2)20(22)21-12-10-19(11-13-21)23-18-6-4-3-5-7-18/h3-9,14,19H,10-13H2,1-2H3. The molecule has 1 aliphatic rings. The molecular weight excluding hydrogens is 286 g/mol. The minimum Gasteiger partial charge on any atom is -0.490 e. The molecule has 0 aliphatic carbocycles. The second-order valence-corrected chi connectivity index (χ2v) is 6.22. The molecule has 0 aromatic heterocycles. The van der Waals surface area contributed by atoms with Gasteiger partial charge in [0.1, 0.15) is 11.9 Å². The largest absolute Gasteiger partial charge is 0.490 e. The van der Waals surface area contributed by atoms with E-state index in [0.717, 1.165) is 42.8 Å². The monoisotopic (exact) mass is 309 g/mol. The lowest BCUT2D eigenvalue weighted by molar-refractivity contribution is 0.0595. The molecule has 0 unspecified atom stereocenters. The Labute approximate surface area is 137 Å². The predicted molar refractivity (Wildman–Crippen MR) is 91.9 cm³/mol. The zero-order valence-electron chi connectivity index (χ0n) is 13.8. The van der Waals surface area contributed by atoms with Gasteiger partial charge in [-0.25, -0.2) is 0 Å². The molecule has 0 N–H and O–H groups in total. The normalized spacial score (nSPS) is 15.5. The van der Waals surface area contributed by atoms with E-state index in [1.165, 1.54) is 5.56 Å². The molecule has 0 spiro atoms. The van der Waals surface area contributed by atoms with Gasteiger partial charge in [-0.05, 0) is 49.2 Å². The lowest BCUT2D eigenvalue weighted by Crippen LogP contribution is -2.41. The van der Waals surface area contributed by atoms with E-state index in [1.54, 1.807) is 0 Å². The van der Waals surface area contributed by atoms with Crippen molar-refractivity contribution in [3.05, 3.63) is 65.2 Å². The Morgan fingerprint density at radius 3 is 2.35 bits per heavy atom. The topological polar surface area (TPSA) is 29.5 Å². The Hall–Kier alpha value is -2.29. The predicted octanol–water partition coefficient (Wildman–Crippen LogP) is 3.99. The van der Waals surface area contributed by atoms with Gasteiger partial charge in [0, 0.05) is 31.5 Å². The molecule has 1 fully saturated rings. The van der Waals surface area contributed by atoms with Crippen LogP contribution < -0.4 is 4.74 Å². The fourth-order valence-corrected chi connectivity index (χ4v) is 2.93. The number of aryl methyl sites for hydroxylation is 2. The van der Waals surface area contributed by atoms with Crippen LogP contribution in [0.15, 0.2) is 48.5 Å². The molecule has 0 radical (unpaired) electrons. The van der Waals surface area contributed by atoms with Crippen molar-refractivity contribution in [3.63, 3.8) is 0 Å². The summed E-state index contributed by atoms with van der Waals surface area (Å²) in [7, 11) is 0. The summed E-state index contributed by atoms with van der Waals surface area (Å²) in [6, 6.07) is 15.8. The Morgan fingerprint density at radius 1 is 1.00 bits per heavy atom. The Morgan fingerprint density at radius 2 is 1.70 bits per heavy atom. The van der Waals surface area contributed by atoms with Gasteiger partial charge in [0.05, 0.1) is 0 Å². The minimum atomic E-state index is 0.131. The lowest BCUT2D eigenvalue weighted by Gasteiger charge is -2.32. The molecule has 0 saturated carbocycles. The number of hydrogen-bond acceptors (Lipinski definition) is 2. The fourth-order valence-electron chi connectivity index (χ4n) is 2.93. The fraction of sp³-hybridized carbons (Fsp3) is 0.350. The first kappa shape index (κ1) is 15.6. The summed E-state index contributed by atoms with van der Waals surface area (Å²) in [5.41, 5.74) is 3.17. The Bertz CT molecular complexity index is 673.